The van der Waals surface area contributed by atoms with Gasteiger partial charge in [0.1, 0.15) is 46.1 Å². The lowest BCUT2D eigenvalue weighted by Gasteiger charge is -2.10. The standard InChI is InChI=1S/2C13H9F2N3O4/c2*14-8-2-1-3-9(15)12(8)17-13(20)16-10-5-4-7(18(21)22)6-11(10)19/h2*1-6,19H,(H2,16,17,20). The lowest BCUT2D eigenvalue weighted by Crippen LogP contribution is -2.21. The van der Waals surface area contributed by atoms with Gasteiger partial charge < -0.3 is 31.5 Å². The van der Waals surface area contributed by atoms with Crippen LogP contribution in [0.5, 0.6) is 11.5 Å². The molecule has 0 aliphatic carbocycles. The van der Waals surface area contributed by atoms with E-state index in [0.29, 0.717) is 0 Å². The number of non-ortho nitro benzene ring substituents is 2. The molecule has 18 heteroatoms. The molecule has 0 aliphatic heterocycles. The monoisotopic (exact) mass is 618 g/mol. The number of nitrogens with one attached hydrogen (secondary N) is 4. The van der Waals surface area contributed by atoms with Crippen LogP contribution in [0.4, 0.5) is 61.3 Å². The molecule has 4 aromatic rings. The van der Waals surface area contributed by atoms with Gasteiger partial charge in [0.2, 0.25) is 0 Å². The molecule has 0 spiro atoms. The predicted octanol–water partition coefficient (Wildman–Crippen LogP) is 6.45. The highest BCUT2D eigenvalue weighted by atomic mass is 19.1. The highest BCUT2D eigenvalue weighted by Gasteiger charge is 2.16. The van der Waals surface area contributed by atoms with Crippen molar-refractivity contribution in [2.24, 2.45) is 0 Å². The van der Waals surface area contributed by atoms with Crippen molar-refractivity contribution < 1.29 is 47.2 Å². The topological polar surface area (TPSA) is 209 Å². The zero-order chi connectivity index (χ0) is 32.6. The summed E-state index contributed by atoms with van der Waals surface area (Å²) in [4.78, 5) is 42.9. The SMILES string of the molecule is O=C(Nc1ccc([N+](=O)[O-])cc1O)Nc1c(F)cccc1F.O=C(Nc1ccc([N+](=O)[O-])cc1O)Nc1c(F)cccc1F. The number of rotatable bonds is 6. The maximum absolute atomic E-state index is 13.4. The minimum Gasteiger partial charge on any atom is -0.506 e. The highest BCUT2D eigenvalue weighted by Crippen LogP contribution is 2.29. The summed E-state index contributed by atoms with van der Waals surface area (Å²) in [6.07, 6.45) is 0. The number of para-hydroxylation sites is 2. The molecule has 4 amide bonds. The normalized spacial score (nSPS) is 10.1. The zero-order valence-electron chi connectivity index (χ0n) is 21.7. The molecule has 0 saturated carbocycles. The van der Waals surface area contributed by atoms with Gasteiger partial charge in [-0.05, 0) is 36.4 Å². The molecular weight excluding hydrogens is 600 g/mol. The minimum absolute atomic E-state index is 0.153. The smallest absolute Gasteiger partial charge is 0.323 e. The van der Waals surface area contributed by atoms with Crippen molar-refractivity contribution in [3.8, 4) is 11.5 Å². The molecule has 0 saturated heterocycles. The van der Waals surface area contributed by atoms with Crippen LogP contribution in [-0.2, 0) is 0 Å². The Bertz CT molecular complexity index is 1590. The Hall–Kier alpha value is -6.46. The van der Waals surface area contributed by atoms with E-state index in [2.05, 4.69) is 10.6 Å². The van der Waals surface area contributed by atoms with Gasteiger partial charge >= 0.3 is 12.1 Å². The summed E-state index contributed by atoms with van der Waals surface area (Å²) in [5.41, 5.74) is -2.35. The van der Waals surface area contributed by atoms with Gasteiger partial charge in [-0.1, -0.05) is 12.1 Å². The van der Waals surface area contributed by atoms with Crippen LogP contribution in [0.15, 0.2) is 72.8 Å². The van der Waals surface area contributed by atoms with Crippen molar-refractivity contribution in [1.29, 1.82) is 0 Å². The Morgan fingerprint density at radius 1 is 0.568 bits per heavy atom. The molecule has 228 valence electrons. The van der Waals surface area contributed by atoms with Gasteiger partial charge in [0.15, 0.2) is 0 Å². The lowest BCUT2D eigenvalue weighted by atomic mass is 10.2. The van der Waals surface area contributed by atoms with Crippen molar-refractivity contribution in [1.82, 2.24) is 0 Å². The Labute approximate surface area is 242 Å². The number of halogens is 4. The number of amides is 4. The Morgan fingerprint density at radius 2 is 0.886 bits per heavy atom. The molecule has 0 aromatic heterocycles. The molecule has 4 aromatic carbocycles. The van der Waals surface area contributed by atoms with E-state index in [0.717, 1.165) is 72.8 Å². The summed E-state index contributed by atoms with van der Waals surface area (Å²) in [6.45, 7) is 0. The first-order valence-corrected chi connectivity index (χ1v) is 11.8. The Morgan fingerprint density at radius 3 is 1.16 bits per heavy atom. The molecule has 0 aliphatic rings. The molecule has 0 atom stereocenters. The summed E-state index contributed by atoms with van der Waals surface area (Å²) in [7, 11) is 0. The van der Waals surface area contributed by atoms with E-state index in [1.165, 1.54) is 0 Å². The molecule has 0 heterocycles. The zero-order valence-corrected chi connectivity index (χ0v) is 21.7. The number of hydrogen-bond donors (Lipinski definition) is 6. The number of carbonyl (C=O) groups excluding carboxylic acids is 2. The van der Waals surface area contributed by atoms with Crippen LogP contribution in [-0.4, -0.2) is 32.1 Å². The van der Waals surface area contributed by atoms with Gasteiger partial charge in [0.25, 0.3) is 11.4 Å². The van der Waals surface area contributed by atoms with Crippen molar-refractivity contribution >= 4 is 46.2 Å². The number of benzene rings is 4. The summed E-state index contributed by atoms with van der Waals surface area (Å²) < 4.78 is 53.5. The molecule has 0 radical (unpaired) electrons. The number of nitro benzene ring substituents is 2. The average molecular weight is 618 g/mol. The number of urea groups is 2. The van der Waals surface area contributed by atoms with Crippen LogP contribution in [0.1, 0.15) is 0 Å². The predicted molar refractivity (Wildman–Crippen MR) is 148 cm³/mol. The fourth-order valence-corrected chi connectivity index (χ4v) is 3.25. The minimum atomic E-state index is -1.02. The van der Waals surface area contributed by atoms with E-state index in [9.17, 15) is 57.6 Å². The maximum atomic E-state index is 13.4. The van der Waals surface area contributed by atoms with E-state index in [-0.39, 0.29) is 22.7 Å². The maximum Gasteiger partial charge on any atom is 0.323 e. The molecule has 4 rings (SSSR count). The lowest BCUT2D eigenvalue weighted by molar-refractivity contribution is -0.385. The van der Waals surface area contributed by atoms with E-state index >= 15 is 0 Å². The van der Waals surface area contributed by atoms with Gasteiger partial charge in [0, 0.05) is 12.1 Å². The van der Waals surface area contributed by atoms with E-state index in [4.69, 9.17) is 0 Å². The average Bonchev–Trinajstić information content (AvgIpc) is 2.95. The summed E-state index contributed by atoms with van der Waals surface area (Å²) >= 11 is 0. The molecule has 0 fully saturated rings. The third-order valence-electron chi connectivity index (χ3n) is 5.28. The van der Waals surface area contributed by atoms with Gasteiger partial charge in [-0.15, -0.1) is 0 Å². The van der Waals surface area contributed by atoms with Crippen molar-refractivity contribution in [2.75, 3.05) is 21.3 Å². The number of nitrogens with zero attached hydrogens (tertiary/aromatic N) is 2. The molecule has 14 nitrogen and oxygen atoms in total. The summed E-state index contributed by atoms with van der Waals surface area (Å²) in [5.74, 6) is -4.99. The number of aromatic hydroxyl groups is 2. The van der Waals surface area contributed by atoms with Crippen LogP contribution in [0.2, 0.25) is 0 Å². The Balaban J connectivity index is 0.000000240. The first-order valence-electron chi connectivity index (χ1n) is 11.8. The Kier molecular flexibility index (Phi) is 10.2. The van der Waals surface area contributed by atoms with Crippen molar-refractivity contribution in [3.05, 3.63) is 116 Å². The van der Waals surface area contributed by atoms with Crippen LogP contribution in [0.3, 0.4) is 0 Å². The first kappa shape index (κ1) is 32.1. The van der Waals surface area contributed by atoms with Gasteiger partial charge in [-0.25, -0.2) is 27.2 Å². The van der Waals surface area contributed by atoms with E-state index < -0.39 is 68.1 Å². The highest BCUT2D eigenvalue weighted by molar-refractivity contribution is 6.01. The fourth-order valence-electron chi connectivity index (χ4n) is 3.25. The number of hydrogen-bond acceptors (Lipinski definition) is 8. The second-order valence-electron chi connectivity index (χ2n) is 8.27. The second-order valence-corrected chi connectivity index (χ2v) is 8.27. The summed E-state index contributed by atoms with van der Waals surface area (Å²) in [5, 5.41) is 48.3. The molecule has 44 heavy (non-hydrogen) atoms. The third-order valence-corrected chi connectivity index (χ3v) is 5.28. The number of carbonyl (C=O) groups is 2. The van der Waals surface area contributed by atoms with Crippen molar-refractivity contribution in [2.45, 2.75) is 0 Å². The van der Waals surface area contributed by atoms with Crippen LogP contribution < -0.4 is 21.3 Å². The quantitative estimate of drug-likeness (QED) is 0.0611. The van der Waals surface area contributed by atoms with Crippen molar-refractivity contribution in [3.63, 3.8) is 0 Å². The van der Waals surface area contributed by atoms with Gasteiger partial charge in [-0.2, -0.15) is 0 Å². The number of nitro groups is 2. The number of anilines is 4. The van der Waals surface area contributed by atoms with E-state index in [1.54, 1.807) is 0 Å². The number of phenols is 2. The van der Waals surface area contributed by atoms with Crippen LogP contribution >= 0.6 is 0 Å². The van der Waals surface area contributed by atoms with E-state index in [1.807, 2.05) is 10.6 Å². The third kappa shape index (κ3) is 8.28. The molecular formula is C26H18F4N6O8. The van der Waals surface area contributed by atoms with Crippen LogP contribution in [0.25, 0.3) is 0 Å². The molecule has 6 N–H and O–H groups in total. The molecule has 0 unspecified atom stereocenters. The largest absolute Gasteiger partial charge is 0.506 e. The van der Waals surface area contributed by atoms with Gasteiger partial charge in [-0.3, -0.25) is 20.2 Å². The first-order chi connectivity index (χ1) is 20.8. The fraction of sp³-hybridized carbons (Fsp3) is 0. The second kappa shape index (κ2) is 13.9. The van der Waals surface area contributed by atoms with Gasteiger partial charge in [0.05, 0.1) is 33.4 Å². The summed E-state index contributed by atoms with van der Waals surface area (Å²) in [6, 6.07) is 10.0. The van der Waals surface area contributed by atoms with Crippen LogP contribution in [0, 0.1) is 43.5 Å². The molecule has 0 bridgehead atoms. The number of phenolic OH excluding ortho intramolecular Hbond substituents is 2.